The van der Waals surface area contributed by atoms with Gasteiger partial charge in [-0.3, -0.25) is 45.4 Å². The van der Waals surface area contributed by atoms with Crippen molar-refractivity contribution in [2.24, 2.45) is 0 Å². The first-order chi connectivity index (χ1) is 19.9. The van der Waals surface area contributed by atoms with E-state index in [1.165, 1.54) is 12.1 Å². The molecule has 0 bridgehead atoms. The molecule has 0 radical (unpaired) electrons. The number of benzene rings is 2. The molecule has 0 saturated carbocycles. The monoisotopic (exact) mass is 612 g/mol. The van der Waals surface area contributed by atoms with Crippen molar-refractivity contribution >= 4 is 28.8 Å². The van der Waals surface area contributed by atoms with Crippen molar-refractivity contribution in [3.05, 3.63) is 93.2 Å². The molecule has 2 aromatic carbocycles. The summed E-state index contributed by atoms with van der Waals surface area (Å²) in [6.07, 6.45) is 2.98. The summed E-state index contributed by atoms with van der Waals surface area (Å²) in [6.45, 7) is 6.58. The molecule has 43 heavy (non-hydrogen) atoms. The Balaban J connectivity index is 0. The summed E-state index contributed by atoms with van der Waals surface area (Å²) in [4.78, 5) is 43.7. The molecular weight excluding hydrogens is 572 g/mol. The van der Waals surface area contributed by atoms with Crippen LogP contribution in [-0.2, 0) is 9.47 Å². The third kappa shape index (κ3) is 14.7. The van der Waals surface area contributed by atoms with Crippen LogP contribution < -0.4 is 0 Å². The number of nitrogens with zero attached hydrogens (tertiary/aromatic N) is 6. The van der Waals surface area contributed by atoms with Crippen LogP contribution in [0, 0.1) is 61.2 Å². The Labute approximate surface area is 249 Å². The second-order valence-corrected chi connectivity index (χ2v) is 8.99. The zero-order valence-corrected chi connectivity index (χ0v) is 26.0. The summed E-state index contributed by atoms with van der Waals surface area (Å²) >= 11 is 0. The Kier molecular flexibility index (Phi) is 19.2. The number of methoxy groups -OCH3 is 2. The molecule has 0 heterocycles. The van der Waals surface area contributed by atoms with E-state index in [1.807, 2.05) is 19.0 Å². The van der Waals surface area contributed by atoms with Crippen LogP contribution in [-0.4, -0.2) is 90.0 Å². The molecule has 2 aromatic rings. The van der Waals surface area contributed by atoms with Gasteiger partial charge in [0, 0.05) is 51.6 Å². The average Bonchev–Trinajstić information content (AvgIpc) is 2.88. The maximum absolute atomic E-state index is 10.9. The van der Waals surface area contributed by atoms with E-state index in [2.05, 4.69) is 0 Å². The highest BCUT2D eigenvalue weighted by molar-refractivity contribution is 5.66. The quantitative estimate of drug-likeness (QED) is 0.233. The first-order valence-corrected chi connectivity index (χ1v) is 12.4. The number of aliphatic hydroxyl groups is 1. The topological polar surface area (TPSA) is 218 Å². The van der Waals surface area contributed by atoms with Gasteiger partial charge in [-0.15, -0.1) is 0 Å². The number of rotatable bonds is 9. The minimum absolute atomic E-state index is 0.213. The van der Waals surface area contributed by atoms with Gasteiger partial charge in [0.05, 0.1) is 37.4 Å². The first-order valence-electron chi connectivity index (χ1n) is 12.4. The van der Waals surface area contributed by atoms with Crippen molar-refractivity contribution < 1.29 is 34.3 Å². The number of hydrogen-bond donors (Lipinski definition) is 1. The number of aryl methyl sites for hydroxylation is 3. The van der Waals surface area contributed by atoms with Crippen molar-refractivity contribution in [1.82, 2.24) is 9.80 Å². The molecule has 17 heteroatoms. The molecule has 0 unspecified atom stereocenters. The predicted molar refractivity (Wildman–Crippen MR) is 161 cm³/mol. The zero-order valence-electron chi connectivity index (χ0n) is 26.0. The summed E-state index contributed by atoms with van der Waals surface area (Å²) in [5.74, 6) is 0. The fraction of sp³-hybridized carbons (Fsp3) is 0.462. The maximum atomic E-state index is 10.9. The Hall–Kier alpha value is -4.58. The number of nitro groups is 4. The van der Waals surface area contributed by atoms with E-state index in [-0.39, 0.29) is 35.8 Å². The fourth-order valence-corrected chi connectivity index (χ4v) is 3.17. The van der Waals surface area contributed by atoms with Crippen LogP contribution in [0.4, 0.5) is 22.7 Å². The smallest absolute Gasteiger partial charge is 0.283 e. The normalized spacial score (nSPS) is 10.2. The van der Waals surface area contributed by atoms with Gasteiger partial charge in [-0.25, -0.2) is 0 Å². The van der Waals surface area contributed by atoms with Gasteiger partial charge in [0.15, 0.2) is 0 Å². The first kappa shape index (κ1) is 40.6. The van der Waals surface area contributed by atoms with Gasteiger partial charge in [-0.05, 0) is 66.2 Å². The zero-order chi connectivity index (χ0) is 34.0. The average molecular weight is 613 g/mol. The van der Waals surface area contributed by atoms with E-state index < -0.39 is 19.7 Å². The van der Waals surface area contributed by atoms with Crippen molar-refractivity contribution in [2.45, 2.75) is 34.1 Å². The van der Waals surface area contributed by atoms with Crippen molar-refractivity contribution in [3.8, 4) is 0 Å². The van der Waals surface area contributed by atoms with Gasteiger partial charge in [0.25, 0.3) is 22.7 Å². The number of ether oxygens (including phenoxy) is 2. The Morgan fingerprint density at radius 2 is 1.05 bits per heavy atom. The molecule has 17 nitrogen and oxygen atoms in total. The summed E-state index contributed by atoms with van der Waals surface area (Å²) in [7, 11) is 10.5. The molecule has 2 rings (SSSR count). The lowest BCUT2D eigenvalue weighted by Gasteiger charge is -2.19. The van der Waals surface area contributed by atoms with E-state index in [1.54, 1.807) is 73.2 Å². The molecule has 0 spiro atoms. The molecule has 0 aliphatic rings. The lowest BCUT2D eigenvalue weighted by atomic mass is 10.1. The van der Waals surface area contributed by atoms with E-state index in [4.69, 9.17) is 14.6 Å². The molecule has 0 fully saturated rings. The lowest BCUT2D eigenvalue weighted by Crippen LogP contribution is -2.30. The number of hydrogen-bond acceptors (Lipinski definition) is 13. The van der Waals surface area contributed by atoms with Crippen LogP contribution in [0.1, 0.15) is 29.2 Å². The van der Waals surface area contributed by atoms with Crippen LogP contribution in [0.25, 0.3) is 6.08 Å². The molecule has 0 atom stereocenters. The van der Waals surface area contributed by atoms with Gasteiger partial charge in [0.1, 0.15) is 0 Å². The predicted octanol–water partition coefficient (Wildman–Crippen LogP) is 4.59. The molecule has 0 saturated heterocycles. The summed E-state index contributed by atoms with van der Waals surface area (Å²) in [6, 6.07) is 4.86. The van der Waals surface area contributed by atoms with Crippen molar-refractivity contribution in [2.75, 3.05) is 49.0 Å². The Morgan fingerprint density at radius 1 is 0.721 bits per heavy atom. The highest BCUT2D eigenvalue weighted by atomic mass is 16.7. The minimum atomic E-state index is -0.623. The van der Waals surface area contributed by atoms with E-state index in [0.717, 1.165) is 12.1 Å². The second-order valence-electron chi connectivity index (χ2n) is 8.99. The van der Waals surface area contributed by atoms with Gasteiger partial charge in [-0.2, -0.15) is 0 Å². The number of aliphatic hydroxyl groups excluding tert-OH is 1. The fourth-order valence-electron chi connectivity index (χ4n) is 3.17. The molecule has 0 aromatic heterocycles. The maximum Gasteiger partial charge on any atom is 0.283 e. The highest BCUT2D eigenvalue weighted by Crippen LogP contribution is 2.29. The summed E-state index contributed by atoms with van der Waals surface area (Å²) in [5, 5.41) is 50.2. The van der Waals surface area contributed by atoms with Crippen molar-refractivity contribution in [1.29, 1.82) is 0 Å². The lowest BCUT2D eigenvalue weighted by molar-refractivity contribution is -0.395. The molecule has 0 amide bonds. The molecular formula is C26H40N6O11. The minimum Gasteiger partial charge on any atom is -0.397 e. The van der Waals surface area contributed by atoms with E-state index in [9.17, 15) is 40.5 Å². The van der Waals surface area contributed by atoms with Gasteiger partial charge < -0.3 is 19.5 Å². The third-order valence-corrected chi connectivity index (χ3v) is 5.02. The van der Waals surface area contributed by atoms with E-state index >= 15 is 0 Å². The van der Waals surface area contributed by atoms with Crippen LogP contribution in [0.15, 0.2) is 30.5 Å². The van der Waals surface area contributed by atoms with Crippen LogP contribution >= 0.6 is 0 Å². The third-order valence-electron chi connectivity index (χ3n) is 5.02. The van der Waals surface area contributed by atoms with Crippen molar-refractivity contribution in [3.63, 3.8) is 0 Å². The number of nitro benzene ring substituents is 4. The molecule has 0 aliphatic carbocycles. The Morgan fingerprint density at radius 3 is 1.30 bits per heavy atom. The van der Waals surface area contributed by atoms with Gasteiger partial charge >= 0.3 is 0 Å². The van der Waals surface area contributed by atoms with E-state index in [0.29, 0.717) is 22.3 Å². The van der Waals surface area contributed by atoms with Crippen LogP contribution in [0.2, 0.25) is 0 Å². The molecule has 0 aliphatic heterocycles. The molecule has 240 valence electrons. The van der Waals surface area contributed by atoms with Crippen LogP contribution in [0.3, 0.4) is 0 Å². The Bertz CT molecular complexity index is 1230. The van der Waals surface area contributed by atoms with Gasteiger partial charge in [-0.1, -0.05) is 0 Å². The highest BCUT2D eigenvalue weighted by Gasteiger charge is 2.21. The SMILES string of the molecule is CCO.COC(OC)N(C)C.Cc1cc(/C=C/N(C)C)c([N+](=O)[O-])cc1[N+](=O)[O-].Cc1cc(C)c([N+](=O)[O-])cc1[N+](=O)[O-]. The summed E-state index contributed by atoms with van der Waals surface area (Å²) < 4.78 is 9.73. The second kappa shape index (κ2) is 20.3. The van der Waals surface area contributed by atoms with Crippen LogP contribution in [0.5, 0.6) is 0 Å². The summed E-state index contributed by atoms with van der Waals surface area (Å²) in [5.41, 5.74) is 0.635. The largest absolute Gasteiger partial charge is 0.397 e. The standard InChI is InChI=1S/C11H13N3O4.C8H8N2O4.C5H13NO2.C2H6O/c1-8-6-9(4-5-12(2)3)11(14(17)18)7-10(8)13(15)16;1-5-3-6(2)8(10(13)14)4-7(5)9(11)12;1-6(2)5(7-3)8-4;1-2-3/h4-7H,1-3H3;3-4H,1-2H3;5H,1-4H3;3H,2H2,1H3/b5-4+;;;. The molecule has 1 N–H and O–H groups in total. The van der Waals surface area contributed by atoms with Gasteiger partial charge in [0.2, 0.25) is 6.41 Å².